The van der Waals surface area contributed by atoms with Gasteiger partial charge in [0.05, 0.1) is 16.8 Å². The molecule has 0 aliphatic carbocycles. The molecule has 98 valence electrons. The van der Waals surface area contributed by atoms with Crippen LogP contribution in [0.3, 0.4) is 0 Å². The van der Waals surface area contributed by atoms with Crippen molar-refractivity contribution in [1.29, 1.82) is 0 Å². The van der Waals surface area contributed by atoms with Crippen LogP contribution in [-0.4, -0.2) is 16.0 Å². The maximum atomic E-state index is 8.73. The third kappa shape index (κ3) is 2.95. The molecule has 0 radical (unpaired) electrons. The fourth-order valence-corrected chi connectivity index (χ4v) is 1.81. The average Bonchev–Trinajstić information content (AvgIpc) is 2.41. The van der Waals surface area contributed by atoms with E-state index in [-0.39, 0.29) is 5.84 Å². The SMILES string of the molecule is Cc1ccc(Oc2cnccc2/C(N)=N/O)c(Cl)c1. The second-order valence-corrected chi connectivity index (χ2v) is 4.30. The van der Waals surface area contributed by atoms with Gasteiger partial charge in [0.25, 0.3) is 0 Å². The van der Waals surface area contributed by atoms with E-state index in [1.54, 1.807) is 18.2 Å². The van der Waals surface area contributed by atoms with Crippen molar-refractivity contribution in [1.82, 2.24) is 4.98 Å². The van der Waals surface area contributed by atoms with Crippen LogP contribution in [0.1, 0.15) is 11.1 Å². The first-order valence-electron chi connectivity index (χ1n) is 5.47. The van der Waals surface area contributed by atoms with Crippen molar-refractivity contribution in [3.63, 3.8) is 0 Å². The lowest BCUT2D eigenvalue weighted by molar-refractivity contribution is 0.318. The lowest BCUT2D eigenvalue weighted by Gasteiger charge is -2.11. The van der Waals surface area contributed by atoms with E-state index < -0.39 is 0 Å². The van der Waals surface area contributed by atoms with Crippen LogP contribution in [0.25, 0.3) is 0 Å². The maximum Gasteiger partial charge on any atom is 0.173 e. The second kappa shape index (κ2) is 5.58. The number of benzene rings is 1. The molecule has 2 aromatic rings. The number of aromatic nitrogens is 1. The Labute approximate surface area is 115 Å². The molecule has 0 unspecified atom stereocenters. The second-order valence-electron chi connectivity index (χ2n) is 3.89. The van der Waals surface area contributed by atoms with E-state index in [2.05, 4.69) is 10.1 Å². The smallest absolute Gasteiger partial charge is 0.173 e. The van der Waals surface area contributed by atoms with E-state index in [1.807, 2.05) is 13.0 Å². The molecule has 0 aliphatic rings. The highest BCUT2D eigenvalue weighted by Gasteiger charge is 2.11. The zero-order valence-corrected chi connectivity index (χ0v) is 10.9. The molecule has 6 heteroatoms. The molecule has 19 heavy (non-hydrogen) atoms. The summed E-state index contributed by atoms with van der Waals surface area (Å²) in [5, 5.41) is 12.2. The quantitative estimate of drug-likeness (QED) is 0.391. The van der Waals surface area contributed by atoms with Crippen LogP contribution >= 0.6 is 11.6 Å². The first kappa shape index (κ1) is 13.2. The summed E-state index contributed by atoms with van der Waals surface area (Å²) >= 11 is 6.09. The van der Waals surface area contributed by atoms with Gasteiger partial charge in [-0.2, -0.15) is 0 Å². The Kier molecular flexibility index (Phi) is 3.87. The maximum absolute atomic E-state index is 8.73. The van der Waals surface area contributed by atoms with Crippen molar-refractivity contribution in [2.75, 3.05) is 0 Å². The summed E-state index contributed by atoms with van der Waals surface area (Å²) in [6.45, 7) is 1.93. The van der Waals surface area contributed by atoms with Gasteiger partial charge in [0, 0.05) is 6.20 Å². The van der Waals surface area contributed by atoms with Crippen molar-refractivity contribution >= 4 is 17.4 Å². The molecule has 0 saturated carbocycles. The van der Waals surface area contributed by atoms with Gasteiger partial charge in [-0.05, 0) is 30.7 Å². The van der Waals surface area contributed by atoms with Gasteiger partial charge in [-0.3, -0.25) is 4.98 Å². The normalized spacial score (nSPS) is 11.4. The summed E-state index contributed by atoms with van der Waals surface area (Å²) in [6, 6.07) is 7.00. The molecule has 0 fully saturated rings. The molecule has 0 atom stereocenters. The van der Waals surface area contributed by atoms with Crippen molar-refractivity contribution in [3.8, 4) is 11.5 Å². The highest BCUT2D eigenvalue weighted by molar-refractivity contribution is 6.32. The third-order valence-corrected chi connectivity index (χ3v) is 2.77. The Morgan fingerprint density at radius 2 is 2.16 bits per heavy atom. The number of ether oxygens (including phenoxy) is 1. The van der Waals surface area contributed by atoms with Gasteiger partial charge in [0.1, 0.15) is 5.75 Å². The molecule has 0 bridgehead atoms. The Morgan fingerprint density at radius 1 is 1.37 bits per heavy atom. The van der Waals surface area contributed by atoms with Gasteiger partial charge in [-0.1, -0.05) is 22.8 Å². The number of nitrogens with zero attached hydrogens (tertiary/aromatic N) is 2. The molecule has 1 aromatic heterocycles. The molecule has 0 spiro atoms. The van der Waals surface area contributed by atoms with Crippen LogP contribution in [-0.2, 0) is 0 Å². The Hall–Kier alpha value is -2.27. The first-order valence-corrected chi connectivity index (χ1v) is 5.85. The van der Waals surface area contributed by atoms with E-state index in [0.29, 0.717) is 22.1 Å². The predicted octanol–water partition coefficient (Wildman–Crippen LogP) is 2.93. The fourth-order valence-electron chi connectivity index (χ4n) is 1.53. The van der Waals surface area contributed by atoms with Crippen molar-refractivity contribution in [3.05, 3.63) is 52.8 Å². The highest BCUT2D eigenvalue weighted by Crippen LogP contribution is 2.31. The molecule has 5 nitrogen and oxygen atoms in total. The van der Waals surface area contributed by atoms with E-state index in [4.69, 9.17) is 27.3 Å². The molecule has 0 aliphatic heterocycles. The van der Waals surface area contributed by atoms with Crippen LogP contribution in [0.15, 0.2) is 41.8 Å². The summed E-state index contributed by atoms with van der Waals surface area (Å²) in [5.41, 5.74) is 7.04. The van der Waals surface area contributed by atoms with Crippen LogP contribution in [0.2, 0.25) is 5.02 Å². The first-order chi connectivity index (χ1) is 9.11. The van der Waals surface area contributed by atoms with E-state index in [0.717, 1.165) is 5.56 Å². The van der Waals surface area contributed by atoms with Crippen LogP contribution in [0.4, 0.5) is 0 Å². The summed E-state index contributed by atoms with van der Waals surface area (Å²) in [6.07, 6.45) is 3.00. The van der Waals surface area contributed by atoms with Crippen LogP contribution in [0, 0.1) is 6.92 Å². The number of nitrogens with two attached hydrogens (primary N) is 1. The molecule has 3 N–H and O–H groups in total. The summed E-state index contributed by atoms with van der Waals surface area (Å²) in [7, 11) is 0. The van der Waals surface area contributed by atoms with Crippen LogP contribution in [0.5, 0.6) is 11.5 Å². The highest BCUT2D eigenvalue weighted by atomic mass is 35.5. The molecule has 0 saturated heterocycles. The molecule has 1 heterocycles. The minimum atomic E-state index is -0.0550. The number of hydrogen-bond donors (Lipinski definition) is 2. The van der Waals surface area contributed by atoms with Crippen LogP contribution < -0.4 is 10.5 Å². The minimum Gasteiger partial charge on any atom is -0.453 e. The zero-order valence-electron chi connectivity index (χ0n) is 10.2. The predicted molar refractivity (Wildman–Crippen MR) is 73.0 cm³/mol. The Balaban J connectivity index is 2.38. The van der Waals surface area contributed by atoms with Gasteiger partial charge in [-0.15, -0.1) is 0 Å². The number of oxime groups is 1. The van der Waals surface area contributed by atoms with Gasteiger partial charge < -0.3 is 15.7 Å². The number of rotatable bonds is 3. The molecule has 1 aromatic carbocycles. The number of pyridine rings is 1. The van der Waals surface area contributed by atoms with Crippen molar-refractivity contribution < 1.29 is 9.94 Å². The topological polar surface area (TPSA) is 80.7 Å². The summed E-state index contributed by atoms with van der Waals surface area (Å²) in [4.78, 5) is 3.95. The summed E-state index contributed by atoms with van der Waals surface area (Å²) in [5.74, 6) is 0.788. The minimum absolute atomic E-state index is 0.0550. The Bertz CT molecular complexity index is 629. The number of aryl methyl sites for hydroxylation is 1. The van der Waals surface area contributed by atoms with Gasteiger partial charge in [-0.25, -0.2) is 0 Å². The zero-order chi connectivity index (χ0) is 13.8. The largest absolute Gasteiger partial charge is 0.453 e. The van der Waals surface area contributed by atoms with Gasteiger partial charge in [0.2, 0.25) is 0 Å². The molecular formula is C13H12ClN3O2. The fraction of sp³-hybridized carbons (Fsp3) is 0.0769. The Morgan fingerprint density at radius 3 is 2.84 bits per heavy atom. The average molecular weight is 278 g/mol. The van der Waals surface area contributed by atoms with E-state index in [9.17, 15) is 0 Å². The lowest BCUT2D eigenvalue weighted by atomic mass is 10.2. The standard InChI is InChI=1S/C13H12ClN3O2/c1-8-2-3-11(10(14)6-8)19-12-7-16-5-4-9(12)13(15)17-18/h2-7,18H,1H3,(H2,15,17). The number of amidine groups is 1. The van der Waals surface area contributed by atoms with Gasteiger partial charge in [0.15, 0.2) is 11.6 Å². The summed E-state index contributed by atoms with van der Waals surface area (Å²) < 4.78 is 5.65. The van der Waals surface area contributed by atoms with Crippen molar-refractivity contribution in [2.45, 2.75) is 6.92 Å². The molecule has 0 amide bonds. The molecular weight excluding hydrogens is 266 g/mol. The number of hydrogen-bond acceptors (Lipinski definition) is 4. The monoisotopic (exact) mass is 277 g/mol. The van der Waals surface area contributed by atoms with Gasteiger partial charge >= 0.3 is 0 Å². The lowest BCUT2D eigenvalue weighted by Crippen LogP contribution is -2.14. The van der Waals surface area contributed by atoms with E-state index >= 15 is 0 Å². The van der Waals surface area contributed by atoms with E-state index in [1.165, 1.54) is 12.4 Å². The number of halogens is 1. The molecule has 2 rings (SSSR count). The third-order valence-electron chi connectivity index (χ3n) is 2.48. The van der Waals surface area contributed by atoms with Crippen molar-refractivity contribution in [2.24, 2.45) is 10.9 Å².